The second kappa shape index (κ2) is 6.41. The van der Waals surface area contributed by atoms with Gasteiger partial charge in [-0.3, -0.25) is 4.98 Å². The van der Waals surface area contributed by atoms with Gasteiger partial charge in [0.2, 0.25) is 0 Å². The smallest absolute Gasteiger partial charge is 0.141 e. The van der Waals surface area contributed by atoms with Gasteiger partial charge in [0.1, 0.15) is 5.82 Å². The molecule has 1 saturated carbocycles. The Morgan fingerprint density at radius 3 is 3.00 bits per heavy atom. The molecule has 0 amide bonds. The lowest BCUT2D eigenvalue weighted by molar-refractivity contribution is -0.147. The Morgan fingerprint density at radius 2 is 2.33 bits per heavy atom. The van der Waals surface area contributed by atoms with Gasteiger partial charge in [-0.15, -0.1) is 0 Å². The highest BCUT2D eigenvalue weighted by Crippen LogP contribution is 2.47. The molecule has 1 aliphatic heterocycles. The largest absolute Gasteiger partial charge is 0.375 e. The summed E-state index contributed by atoms with van der Waals surface area (Å²) in [5, 5.41) is 3.61. The number of aromatic nitrogens is 1. The zero-order valence-corrected chi connectivity index (χ0v) is 12.8. The van der Waals surface area contributed by atoms with Crippen molar-refractivity contribution >= 4 is 0 Å². The zero-order valence-electron chi connectivity index (χ0n) is 12.8. The Kier molecular flexibility index (Phi) is 4.55. The molecule has 1 aromatic rings. The average molecular weight is 292 g/mol. The van der Waals surface area contributed by atoms with Crippen molar-refractivity contribution in [1.82, 2.24) is 10.3 Å². The number of hydrogen-bond donors (Lipinski definition) is 1. The van der Waals surface area contributed by atoms with E-state index in [0.29, 0.717) is 5.92 Å². The topological polar surface area (TPSA) is 34.2 Å². The van der Waals surface area contributed by atoms with Gasteiger partial charge in [0.15, 0.2) is 0 Å². The maximum absolute atomic E-state index is 13.5. The van der Waals surface area contributed by atoms with Crippen molar-refractivity contribution in [3.05, 3.63) is 29.8 Å². The van der Waals surface area contributed by atoms with Crippen LogP contribution in [0.5, 0.6) is 0 Å². The summed E-state index contributed by atoms with van der Waals surface area (Å²) in [6.07, 6.45) is 9.94. The molecule has 1 spiro atoms. The molecule has 2 aliphatic rings. The predicted molar refractivity (Wildman–Crippen MR) is 80.5 cm³/mol. The van der Waals surface area contributed by atoms with Gasteiger partial charge >= 0.3 is 0 Å². The van der Waals surface area contributed by atoms with Crippen molar-refractivity contribution in [2.75, 3.05) is 13.2 Å². The van der Waals surface area contributed by atoms with E-state index in [1.165, 1.54) is 25.5 Å². The van der Waals surface area contributed by atoms with Crippen molar-refractivity contribution in [3.63, 3.8) is 0 Å². The SMILES string of the molecule is CCCNC(c1cncc(F)c1)C1CCOC2(CCC2)C1. The van der Waals surface area contributed by atoms with Crippen LogP contribution in [0.1, 0.15) is 57.1 Å². The van der Waals surface area contributed by atoms with Gasteiger partial charge in [0, 0.05) is 18.8 Å². The lowest BCUT2D eigenvalue weighted by atomic mass is 9.69. The van der Waals surface area contributed by atoms with Gasteiger partial charge < -0.3 is 10.1 Å². The maximum atomic E-state index is 13.5. The molecule has 2 heterocycles. The molecule has 0 aromatic carbocycles. The molecule has 1 saturated heterocycles. The number of hydrogen-bond acceptors (Lipinski definition) is 3. The van der Waals surface area contributed by atoms with Crippen LogP contribution < -0.4 is 5.32 Å². The highest BCUT2D eigenvalue weighted by atomic mass is 19.1. The number of nitrogens with one attached hydrogen (secondary N) is 1. The Hall–Kier alpha value is -1.00. The Labute approximate surface area is 126 Å². The Balaban J connectivity index is 1.77. The van der Waals surface area contributed by atoms with Crippen LogP contribution >= 0.6 is 0 Å². The van der Waals surface area contributed by atoms with E-state index in [9.17, 15) is 4.39 Å². The van der Waals surface area contributed by atoms with Crippen LogP contribution in [0.25, 0.3) is 0 Å². The second-order valence-corrected chi connectivity index (χ2v) is 6.51. The molecule has 1 aromatic heterocycles. The molecule has 3 rings (SSSR count). The van der Waals surface area contributed by atoms with Crippen molar-refractivity contribution < 1.29 is 9.13 Å². The molecule has 0 bridgehead atoms. The number of rotatable bonds is 5. The first-order valence-corrected chi connectivity index (χ1v) is 8.20. The number of nitrogens with zero attached hydrogens (tertiary/aromatic N) is 1. The molecular weight excluding hydrogens is 267 g/mol. The van der Waals surface area contributed by atoms with E-state index in [1.54, 1.807) is 12.3 Å². The fourth-order valence-corrected chi connectivity index (χ4v) is 3.72. The van der Waals surface area contributed by atoms with Crippen molar-refractivity contribution in [3.8, 4) is 0 Å². The molecule has 2 fully saturated rings. The van der Waals surface area contributed by atoms with E-state index >= 15 is 0 Å². The van der Waals surface area contributed by atoms with Crippen LogP contribution in [0.3, 0.4) is 0 Å². The Bertz CT molecular complexity index is 476. The van der Waals surface area contributed by atoms with Crippen molar-refractivity contribution in [1.29, 1.82) is 0 Å². The number of pyridine rings is 1. The molecule has 2 unspecified atom stereocenters. The minimum absolute atomic E-state index is 0.121. The maximum Gasteiger partial charge on any atom is 0.141 e. The van der Waals surface area contributed by atoms with Crippen molar-refractivity contribution in [2.24, 2.45) is 5.92 Å². The predicted octanol–water partition coefficient (Wildman–Crippen LogP) is 3.61. The van der Waals surface area contributed by atoms with Crippen LogP contribution in [-0.2, 0) is 4.74 Å². The summed E-state index contributed by atoms with van der Waals surface area (Å²) in [5.41, 5.74) is 1.10. The van der Waals surface area contributed by atoms with E-state index in [-0.39, 0.29) is 17.5 Å². The molecule has 21 heavy (non-hydrogen) atoms. The molecule has 2 atom stereocenters. The summed E-state index contributed by atoms with van der Waals surface area (Å²) in [4.78, 5) is 4.03. The van der Waals surface area contributed by atoms with E-state index in [4.69, 9.17) is 4.74 Å². The standard InChI is InChI=1S/C17H25FN2O/c1-2-7-20-16(14-9-15(18)12-19-11-14)13-4-8-21-17(10-13)5-3-6-17/h9,11-13,16,20H,2-8,10H2,1H3. The summed E-state index contributed by atoms with van der Waals surface area (Å²) in [7, 11) is 0. The van der Waals surface area contributed by atoms with E-state index in [0.717, 1.165) is 38.0 Å². The minimum atomic E-state index is -0.249. The third-order valence-corrected chi connectivity index (χ3v) is 4.97. The molecule has 1 aliphatic carbocycles. The van der Waals surface area contributed by atoms with Gasteiger partial charge in [-0.25, -0.2) is 4.39 Å². The van der Waals surface area contributed by atoms with Crippen LogP contribution in [0, 0.1) is 11.7 Å². The first-order chi connectivity index (χ1) is 10.2. The zero-order chi connectivity index (χ0) is 14.7. The fraction of sp³-hybridized carbons (Fsp3) is 0.706. The summed E-state index contributed by atoms with van der Waals surface area (Å²) in [6.45, 7) is 3.94. The molecule has 116 valence electrons. The van der Waals surface area contributed by atoms with Crippen molar-refractivity contribution in [2.45, 2.75) is 57.1 Å². The van der Waals surface area contributed by atoms with E-state index in [2.05, 4.69) is 17.2 Å². The van der Waals surface area contributed by atoms with E-state index < -0.39 is 0 Å². The van der Waals surface area contributed by atoms with Gasteiger partial charge in [-0.1, -0.05) is 6.92 Å². The lowest BCUT2D eigenvalue weighted by Gasteiger charge is -2.49. The van der Waals surface area contributed by atoms with Crippen LogP contribution in [0.4, 0.5) is 4.39 Å². The van der Waals surface area contributed by atoms with Crippen LogP contribution in [0.15, 0.2) is 18.5 Å². The molecule has 4 heteroatoms. The normalized spacial score (nSPS) is 25.5. The van der Waals surface area contributed by atoms with Crippen LogP contribution in [-0.4, -0.2) is 23.7 Å². The highest BCUT2D eigenvalue weighted by Gasteiger charge is 2.44. The summed E-state index contributed by atoms with van der Waals surface area (Å²) in [6, 6.07) is 1.82. The van der Waals surface area contributed by atoms with Crippen LogP contribution in [0.2, 0.25) is 0 Å². The van der Waals surface area contributed by atoms with Gasteiger partial charge in [0.25, 0.3) is 0 Å². The quantitative estimate of drug-likeness (QED) is 0.900. The monoisotopic (exact) mass is 292 g/mol. The summed E-state index contributed by atoms with van der Waals surface area (Å²) < 4.78 is 19.6. The molecular formula is C17H25FN2O. The second-order valence-electron chi connectivity index (χ2n) is 6.51. The van der Waals surface area contributed by atoms with Gasteiger partial charge in [0.05, 0.1) is 11.8 Å². The third-order valence-electron chi connectivity index (χ3n) is 4.97. The van der Waals surface area contributed by atoms with E-state index in [1.807, 2.05) is 0 Å². The number of halogens is 1. The molecule has 0 radical (unpaired) electrons. The van der Waals surface area contributed by atoms with Gasteiger partial charge in [-0.2, -0.15) is 0 Å². The Morgan fingerprint density at radius 1 is 1.48 bits per heavy atom. The molecule has 3 nitrogen and oxygen atoms in total. The first kappa shape index (κ1) is 14.9. The lowest BCUT2D eigenvalue weighted by Crippen LogP contribution is -2.48. The first-order valence-electron chi connectivity index (χ1n) is 8.20. The third kappa shape index (κ3) is 3.27. The van der Waals surface area contributed by atoms with Gasteiger partial charge in [-0.05, 0) is 62.6 Å². The highest BCUT2D eigenvalue weighted by molar-refractivity contribution is 5.17. The fourth-order valence-electron chi connectivity index (χ4n) is 3.72. The summed E-state index contributed by atoms with van der Waals surface area (Å²) in [5.74, 6) is 0.260. The average Bonchev–Trinajstić information content (AvgIpc) is 2.46. The minimum Gasteiger partial charge on any atom is -0.375 e. The molecule has 1 N–H and O–H groups in total. The number of ether oxygens (including phenoxy) is 1. The summed E-state index contributed by atoms with van der Waals surface area (Å²) >= 11 is 0.